The smallest absolute Gasteiger partial charge is 0.333 e. The molecule has 0 bridgehead atoms. The minimum absolute atomic E-state index is 0.0325. The van der Waals surface area contributed by atoms with Crippen molar-refractivity contribution in [2.75, 3.05) is 25.6 Å². The third-order valence-corrected chi connectivity index (χ3v) is 1.72. The first kappa shape index (κ1) is 13.1. The Morgan fingerprint density at radius 3 is 2.62 bits per heavy atom. The zero-order valence-electron chi connectivity index (χ0n) is 6.81. The Morgan fingerprint density at radius 1 is 1.54 bits per heavy atom. The van der Waals surface area contributed by atoms with E-state index in [0.29, 0.717) is 5.88 Å². The Bertz CT molecular complexity index is 219. The van der Waals surface area contributed by atoms with Crippen molar-refractivity contribution in [2.24, 2.45) is 0 Å². The number of halogens is 1. The Labute approximate surface area is 81.7 Å². The molecule has 0 aromatic heterocycles. The predicted octanol–water partition coefficient (Wildman–Crippen LogP) is -1.00. The average Bonchev–Trinajstić information content (AvgIpc) is 2.00. The first-order valence-corrected chi connectivity index (χ1v) is 5.47. The highest BCUT2D eigenvalue weighted by atomic mass is 35.5. The van der Waals surface area contributed by atoms with E-state index in [9.17, 15) is 8.42 Å². The maximum Gasteiger partial charge on any atom is 0.333 e. The van der Waals surface area contributed by atoms with Crippen molar-refractivity contribution < 1.29 is 22.8 Å². The van der Waals surface area contributed by atoms with E-state index in [2.05, 4.69) is 0 Å². The molecule has 8 heteroatoms. The van der Waals surface area contributed by atoms with Crippen LogP contribution in [0.2, 0.25) is 0 Å². The van der Waals surface area contributed by atoms with Crippen molar-refractivity contribution in [1.29, 1.82) is 0 Å². The minimum atomic E-state index is -4.24. The Morgan fingerprint density at radius 2 is 2.15 bits per heavy atom. The molecule has 0 aromatic carbocycles. The van der Waals surface area contributed by atoms with Crippen LogP contribution in [0.4, 0.5) is 0 Å². The average molecular weight is 234 g/mol. The molecule has 0 aromatic rings. The zero-order valence-corrected chi connectivity index (χ0v) is 8.38. The SMILES string of the molecule is O=S(=O)(O)NCC(O)COCCCl. The van der Waals surface area contributed by atoms with Crippen molar-refractivity contribution in [3.63, 3.8) is 0 Å². The number of nitrogens with one attached hydrogen (secondary N) is 1. The van der Waals surface area contributed by atoms with E-state index in [0.717, 1.165) is 0 Å². The second-order valence-electron chi connectivity index (χ2n) is 2.24. The van der Waals surface area contributed by atoms with Gasteiger partial charge in [-0.25, -0.2) is 0 Å². The summed E-state index contributed by atoms with van der Waals surface area (Å²) in [6, 6.07) is 0. The van der Waals surface area contributed by atoms with Gasteiger partial charge in [0, 0.05) is 12.4 Å². The molecule has 0 amide bonds. The van der Waals surface area contributed by atoms with Gasteiger partial charge in [0.05, 0.1) is 19.3 Å². The van der Waals surface area contributed by atoms with Gasteiger partial charge in [-0.3, -0.25) is 4.55 Å². The molecule has 0 heterocycles. The summed E-state index contributed by atoms with van der Waals surface area (Å²) in [7, 11) is -4.24. The van der Waals surface area contributed by atoms with Crippen LogP contribution in [0.1, 0.15) is 0 Å². The molecule has 0 spiro atoms. The number of hydrogen-bond acceptors (Lipinski definition) is 4. The molecular weight excluding hydrogens is 222 g/mol. The molecule has 0 aliphatic rings. The molecule has 0 rings (SSSR count). The lowest BCUT2D eigenvalue weighted by atomic mass is 10.4. The topological polar surface area (TPSA) is 95.9 Å². The summed E-state index contributed by atoms with van der Waals surface area (Å²) >= 11 is 5.28. The van der Waals surface area contributed by atoms with Crippen molar-refractivity contribution in [2.45, 2.75) is 6.10 Å². The maximum absolute atomic E-state index is 10.1. The van der Waals surface area contributed by atoms with Crippen LogP contribution in [0.15, 0.2) is 0 Å². The highest BCUT2D eigenvalue weighted by molar-refractivity contribution is 7.83. The highest BCUT2D eigenvalue weighted by Gasteiger charge is 2.08. The molecule has 1 unspecified atom stereocenters. The van der Waals surface area contributed by atoms with Gasteiger partial charge in [0.25, 0.3) is 0 Å². The van der Waals surface area contributed by atoms with E-state index in [-0.39, 0.29) is 19.8 Å². The van der Waals surface area contributed by atoms with E-state index in [1.165, 1.54) is 0 Å². The lowest BCUT2D eigenvalue weighted by molar-refractivity contribution is 0.0461. The van der Waals surface area contributed by atoms with Crippen LogP contribution in [0.3, 0.4) is 0 Å². The van der Waals surface area contributed by atoms with Gasteiger partial charge in [-0.1, -0.05) is 0 Å². The summed E-state index contributed by atoms with van der Waals surface area (Å²) in [5.41, 5.74) is 0. The van der Waals surface area contributed by atoms with Crippen molar-refractivity contribution in [3.8, 4) is 0 Å². The standard InChI is InChI=1S/C5H12ClNO5S/c6-1-2-12-4-5(8)3-7-13(9,10)11/h5,7-8H,1-4H2,(H,9,10,11). The van der Waals surface area contributed by atoms with E-state index >= 15 is 0 Å². The van der Waals surface area contributed by atoms with E-state index in [4.69, 9.17) is 26.0 Å². The maximum atomic E-state index is 10.1. The van der Waals surface area contributed by atoms with Gasteiger partial charge in [0.15, 0.2) is 0 Å². The van der Waals surface area contributed by atoms with Gasteiger partial charge in [-0.15, -0.1) is 11.6 Å². The molecule has 0 aliphatic carbocycles. The molecule has 80 valence electrons. The van der Waals surface area contributed by atoms with Crippen LogP contribution >= 0.6 is 11.6 Å². The van der Waals surface area contributed by atoms with Gasteiger partial charge in [0.1, 0.15) is 0 Å². The highest BCUT2D eigenvalue weighted by Crippen LogP contribution is 1.86. The molecule has 6 nitrogen and oxygen atoms in total. The van der Waals surface area contributed by atoms with Crippen LogP contribution < -0.4 is 4.72 Å². The third kappa shape index (κ3) is 10.00. The van der Waals surface area contributed by atoms with Gasteiger partial charge in [-0.2, -0.15) is 13.1 Å². The molecule has 0 radical (unpaired) electrons. The second-order valence-corrected chi connectivity index (χ2v) is 3.86. The number of rotatable bonds is 7. The number of aliphatic hydroxyl groups is 1. The lowest BCUT2D eigenvalue weighted by Crippen LogP contribution is -2.34. The van der Waals surface area contributed by atoms with Gasteiger partial charge in [0.2, 0.25) is 0 Å². The fourth-order valence-electron chi connectivity index (χ4n) is 0.534. The first-order chi connectivity index (χ1) is 5.95. The van der Waals surface area contributed by atoms with Gasteiger partial charge >= 0.3 is 10.3 Å². The fourth-order valence-corrected chi connectivity index (χ4v) is 1.05. The van der Waals surface area contributed by atoms with E-state index in [1.807, 2.05) is 0 Å². The van der Waals surface area contributed by atoms with Gasteiger partial charge < -0.3 is 9.84 Å². The number of hydrogen-bond donors (Lipinski definition) is 3. The monoisotopic (exact) mass is 233 g/mol. The molecule has 0 aliphatic heterocycles. The zero-order chi connectivity index (χ0) is 10.3. The molecule has 0 saturated carbocycles. The minimum Gasteiger partial charge on any atom is -0.389 e. The summed E-state index contributed by atoms with van der Waals surface area (Å²) in [5, 5.41) is 9.03. The van der Waals surface area contributed by atoms with Crippen molar-refractivity contribution in [3.05, 3.63) is 0 Å². The van der Waals surface area contributed by atoms with Crippen molar-refractivity contribution >= 4 is 21.9 Å². The third-order valence-electron chi connectivity index (χ3n) is 1.03. The molecule has 0 fully saturated rings. The van der Waals surface area contributed by atoms with Crippen LogP contribution in [-0.4, -0.2) is 49.8 Å². The molecule has 3 N–H and O–H groups in total. The molecule has 0 saturated heterocycles. The number of ether oxygens (including phenoxy) is 1. The normalized spacial score (nSPS) is 14.4. The Kier molecular flexibility index (Phi) is 6.56. The molecule has 1 atom stereocenters. The number of aliphatic hydroxyl groups excluding tert-OH is 1. The summed E-state index contributed by atoms with van der Waals surface area (Å²) in [6.07, 6.45) is -0.995. The first-order valence-electron chi connectivity index (χ1n) is 3.49. The summed E-state index contributed by atoms with van der Waals surface area (Å²) in [6.45, 7) is -0.0408. The van der Waals surface area contributed by atoms with E-state index in [1.54, 1.807) is 4.72 Å². The van der Waals surface area contributed by atoms with Crippen LogP contribution in [0.25, 0.3) is 0 Å². The van der Waals surface area contributed by atoms with Crippen LogP contribution in [0, 0.1) is 0 Å². The summed E-state index contributed by atoms with van der Waals surface area (Å²) in [5.74, 6) is 0.304. The van der Waals surface area contributed by atoms with Crippen LogP contribution in [-0.2, 0) is 15.0 Å². The summed E-state index contributed by atoms with van der Waals surface area (Å²) in [4.78, 5) is 0. The molecule has 13 heavy (non-hydrogen) atoms. The predicted molar refractivity (Wildman–Crippen MR) is 47.1 cm³/mol. The van der Waals surface area contributed by atoms with E-state index < -0.39 is 16.4 Å². The summed E-state index contributed by atoms with van der Waals surface area (Å²) < 4.78 is 35.0. The van der Waals surface area contributed by atoms with Crippen LogP contribution in [0.5, 0.6) is 0 Å². The lowest BCUT2D eigenvalue weighted by Gasteiger charge is -2.09. The Balaban J connectivity index is 3.46. The van der Waals surface area contributed by atoms with Crippen molar-refractivity contribution in [1.82, 2.24) is 4.72 Å². The second kappa shape index (κ2) is 6.52. The largest absolute Gasteiger partial charge is 0.389 e. The fraction of sp³-hybridized carbons (Fsp3) is 1.00. The molecular formula is C5H12ClNO5S. The quantitative estimate of drug-likeness (QED) is 0.298. The number of alkyl halides is 1. The van der Waals surface area contributed by atoms with Gasteiger partial charge in [-0.05, 0) is 0 Å². The Hall–Kier alpha value is 0.0800.